The maximum atomic E-state index is 13.2. The Bertz CT molecular complexity index is 1060. The molecule has 0 radical (unpaired) electrons. The van der Waals surface area contributed by atoms with Gasteiger partial charge in [0.15, 0.2) is 0 Å². The van der Waals surface area contributed by atoms with Crippen molar-refractivity contribution in [1.29, 1.82) is 0 Å². The SMILES string of the molecule is Cc1cc(C)c(NC(=O)NC2(Cc3ccc(-c4ccccc4)cc3)CCCCCC2)c(C)c1. The molecule has 3 heteroatoms. The van der Waals surface area contributed by atoms with E-state index in [1.54, 1.807) is 0 Å². The Morgan fingerprint density at radius 2 is 1.36 bits per heavy atom. The van der Waals surface area contributed by atoms with E-state index in [2.05, 4.69) is 92.1 Å². The van der Waals surface area contributed by atoms with Crippen LogP contribution in [0.5, 0.6) is 0 Å². The number of carbonyl (C=O) groups is 1. The fourth-order valence-corrected chi connectivity index (χ4v) is 5.35. The van der Waals surface area contributed by atoms with Gasteiger partial charge >= 0.3 is 6.03 Å². The summed E-state index contributed by atoms with van der Waals surface area (Å²) < 4.78 is 0. The van der Waals surface area contributed by atoms with Gasteiger partial charge in [0.2, 0.25) is 0 Å². The first kappa shape index (κ1) is 23.1. The Morgan fingerprint density at radius 1 is 0.788 bits per heavy atom. The summed E-state index contributed by atoms with van der Waals surface area (Å²) in [6.07, 6.45) is 7.71. The molecule has 1 fully saturated rings. The molecule has 0 aromatic heterocycles. The first-order valence-electron chi connectivity index (χ1n) is 12.3. The largest absolute Gasteiger partial charge is 0.332 e. The predicted molar refractivity (Wildman–Crippen MR) is 139 cm³/mol. The maximum absolute atomic E-state index is 13.2. The summed E-state index contributed by atoms with van der Waals surface area (Å²) in [5.41, 5.74) is 7.88. The highest BCUT2D eigenvalue weighted by molar-refractivity contribution is 5.91. The van der Waals surface area contributed by atoms with E-state index in [-0.39, 0.29) is 11.6 Å². The van der Waals surface area contributed by atoms with Gasteiger partial charge in [0, 0.05) is 11.2 Å². The predicted octanol–water partition coefficient (Wildman–Crippen LogP) is 7.74. The van der Waals surface area contributed by atoms with Crippen LogP contribution in [0.3, 0.4) is 0 Å². The molecular weight excluding hydrogens is 404 g/mol. The van der Waals surface area contributed by atoms with E-state index < -0.39 is 0 Å². The van der Waals surface area contributed by atoms with Crippen LogP contribution in [0.25, 0.3) is 11.1 Å². The van der Waals surface area contributed by atoms with Gasteiger partial charge in [-0.15, -0.1) is 0 Å². The van der Waals surface area contributed by atoms with Crippen LogP contribution in [0.4, 0.5) is 10.5 Å². The lowest BCUT2D eigenvalue weighted by molar-refractivity contribution is 0.227. The van der Waals surface area contributed by atoms with Crippen LogP contribution >= 0.6 is 0 Å². The molecule has 3 aromatic rings. The Balaban J connectivity index is 1.52. The summed E-state index contributed by atoms with van der Waals surface area (Å²) in [6.45, 7) is 6.21. The summed E-state index contributed by atoms with van der Waals surface area (Å²) in [4.78, 5) is 13.2. The van der Waals surface area contributed by atoms with Crippen LogP contribution in [-0.2, 0) is 6.42 Å². The van der Waals surface area contributed by atoms with E-state index in [1.165, 1.54) is 35.1 Å². The molecule has 0 aliphatic heterocycles. The Labute approximate surface area is 198 Å². The normalized spacial score (nSPS) is 15.5. The third-order valence-electron chi connectivity index (χ3n) is 6.96. The van der Waals surface area contributed by atoms with Gasteiger partial charge < -0.3 is 10.6 Å². The number of aryl methyl sites for hydroxylation is 3. The Hall–Kier alpha value is -3.07. The van der Waals surface area contributed by atoms with E-state index in [9.17, 15) is 4.79 Å². The molecule has 172 valence electrons. The summed E-state index contributed by atoms with van der Waals surface area (Å²) in [5.74, 6) is 0. The van der Waals surface area contributed by atoms with Crippen molar-refractivity contribution >= 4 is 11.7 Å². The molecule has 0 atom stereocenters. The van der Waals surface area contributed by atoms with E-state index in [1.807, 2.05) is 6.07 Å². The molecule has 1 saturated carbocycles. The number of amides is 2. The first-order valence-corrected chi connectivity index (χ1v) is 12.3. The van der Waals surface area contributed by atoms with Crippen molar-refractivity contribution in [2.45, 2.75) is 71.3 Å². The average molecular weight is 441 g/mol. The minimum absolute atomic E-state index is 0.0899. The van der Waals surface area contributed by atoms with Gasteiger partial charge in [0.1, 0.15) is 0 Å². The fourth-order valence-electron chi connectivity index (χ4n) is 5.35. The molecule has 0 bridgehead atoms. The van der Waals surface area contributed by atoms with Crippen molar-refractivity contribution in [3.05, 3.63) is 89.0 Å². The molecule has 4 rings (SSSR count). The molecule has 3 nitrogen and oxygen atoms in total. The summed E-state index contributed by atoms with van der Waals surface area (Å²) in [7, 11) is 0. The van der Waals surface area contributed by atoms with Gasteiger partial charge in [-0.05, 0) is 67.9 Å². The fraction of sp³-hybridized carbons (Fsp3) is 0.367. The highest BCUT2D eigenvalue weighted by atomic mass is 16.2. The van der Waals surface area contributed by atoms with Crippen molar-refractivity contribution in [1.82, 2.24) is 5.32 Å². The van der Waals surface area contributed by atoms with E-state index in [0.717, 1.165) is 48.9 Å². The number of hydrogen-bond acceptors (Lipinski definition) is 1. The monoisotopic (exact) mass is 440 g/mol. The van der Waals surface area contributed by atoms with Gasteiger partial charge in [-0.2, -0.15) is 0 Å². The number of nitrogens with one attached hydrogen (secondary N) is 2. The van der Waals surface area contributed by atoms with Crippen molar-refractivity contribution in [3.63, 3.8) is 0 Å². The van der Waals surface area contributed by atoms with Gasteiger partial charge in [0.25, 0.3) is 0 Å². The number of urea groups is 1. The number of anilines is 1. The van der Waals surface area contributed by atoms with Crippen LogP contribution in [-0.4, -0.2) is 11.6 Å². The second-order valence-electron chi connectivity index (χ2n) is 9.79. The Kier molecular flexibility index (Phi) is 7.17. The zero-order valence-electron chi connectivity index (χ0n) is 20.2. The quantitative estimate of drug-likeness (QED) is 0.391. The molecular formula is C30H36N2O. The summed E-state index contributed by atoms with van der Waals surface area (Å²) in [6, 6.07) is 23.5. The van der Waals surface area contributed by atoms with Crippen LogP contribution in [0.15, 0.2) is 66.7 Å². The van der Waals surface area contributed by atoms with Crippen LogP contribution in [0.2, 0.25) is 0 Å². The van der Waals surface area contributed by atoms with Crippen molar-refractivity contribution in [3.8, 4) is 11.1 Å². The molecule has 33 heavy (non-hydrogen) atoms. The smallest absolute Gasteiger partial charge is 0.319 e. The minimum atomic E-state index is -0.207. The molecule has 1 aliphatic rings. The molecule has 2 amide bonds. The lowest BCUT2D eigenvalue weighted by Crippen LogP contribution is -2.51. The van der Waals surface area contributed by atoms with E-state index in [4.69, 9.17) is 0 Å². The van der Waals surface area contributed by atoms with Crippen molar-refractivity contribution in [2.75, 3.05) is 5.32 Å². The van der Waals surface area contributed by atoms with Gasteiger partial charge in [-0.1, -0.05) is 98.0 Å². The lowest BCUT2D eigenvalue weighted by atomic mass is 9.83. The van der Waals surface area contributed by atoms with Crippen LogP contribution in [0, 0.1) is 20.8 Å². The number of benzene rings is 3. The summed E-state index contributed by atoms with van der Waals surface area (Å²) in [5, 5.41) is 6.60. The topological polar surface area (TPSA) is 41.1 Å². The third-order valence-corrected chi connectivity index (χ3v) is 6.96. The first-order chi connectivity index (χ1) is 15.9. The van der Waals surface area contributed by atoms with Crippen LogP contribution in [0.1, 0.15) is 60.8 Å². The van der Waals surface area contributed by atoms with E-state index in [0.29, 0.717) is 0 Å². The van der Waals surface area contributed by atoms with Gasteiger partial charge in [-0.3, -0.25) is 0 Å². The van der Waals surface area contributed by atoms with Crippen LogP contribution < -0.4 is 10.6 Å². The molecule has 0 spiro atoms. The lowest BCUT2D eigenvalue weighted by Gasteiger charge is -2.34. The average Bonchev–Trinajstić information content (AvgIpc) is 3.03. The van der Waals surface area contributed by atoms with E-state index >= 15 is 0 Å². The molecule has 3 aromatic carbocycles. The molecule has 1 aliphatic carbocycles. The van der Waals surface area contributed by atoms with Crippen molar-refractivity contribution in [2.24, 2.45) is 0 Å². The van der Waals surface area contributed by atoms with Gasteiger partial charge in [0.05, 0.1) is 0 Å². The standard InChI is InChI=1S/C30H36N2O/c1-22-19-23(2)28(24(3)20-22)31-29(33)32-30(17-9-4-5-10-18-30)21-25-13-15-27(16-14-25)26-11-7-6-8-12-26/h6-8,11-16,19-20H,4-5,9-10,17-18,21H2,1-3H3,(H2,31,32,33). The number of rotatable bonds is 5. The molecule has 0 heterocycles. The molecule has 2 N–H and O–H groups in total. The minimum Gasteiger partial charge on any atom is -0.332 e. The second kappa shape index (κ2) is 10.2. The second-order valence-corrected chi connectivity index (χ2v) is 9.79. The molecule has 0 unspecified atom stereocenters. The van der Waals surface area contributed by atoms with Gasteiger partial charge in [-0.25, -0.2) is 4.79 Å². The Morgan fingerprint density at radius 3 is 1.97 bits per heavy atom. The maximum Gasteiger partial charge on any atom is 0.319 e. The third kappa shape index (κ3) is 5.84. The molecule has 0 saturated heterocycles. The number of carbonyl (C=O) groups excluding carboxylic acids is 1. The highest BCUT2D eigenvalue weighted by Gasteiger charge is 2.33. The zero-order chi connectivity index (χ0) is 23.3. The zero-order valence-corrected chi connectivity index (χ0v) is 20.2. The highest BCUT2D eigenvalue weighted by Crippen LogP contribution is 2.32. The van der Waals surface area contributed by atoms with Crippen molar-refractivity contribution < 1.29 is 4.79 Å². The summed E-state index contributed by atoms with van der Waals surface area (Å²) >= 11 is 0. The number of hydrogen-bond donors (Lipinski definition) is 2.